The van der Waals surface area contributed by atoms with Gasteiger partial charge in [-0.3, -0.25) is 10.1 Å². The summed E-state index contributed by atoms with van der Waals surface area (Å²) in [6.45, 7) is 5.68. The number of amidine groups is 1. The van der Waals surface area contributed by atoms with Gasteiger partial charge >= 0.3 is 12.1 Å². The number of aryl methyl sites for hydroxylation is 1. The molecule has 0 bridgehead atoms. The Morgan fingerprint density at radius 1 is 1.35 bits per heavy atom. The van der Waals surface area contributed by atoms with E-state index in [1.807, 2.05) is 32.9 Å². The van der Waals surface area contributed by atoms with Gasteiger partial charge < -0.3 is 10.1 Å². The van der Waals surface area contributed by atoms with Crippen molar-refractivity contribution >= 4 is 23.6 Å². The van der Waals surface area contributed by atoms with Crippen molar-refractivity contribution in [3.8, 4) is 0 Å². The van der Waals surface area contributed by atoms with Crippen LogP contribution in [0.15, 0.2) is 29.3 Å². The van der Waals surface area contributed by atoms with Gasteiger partial charge in [0.25, 0.3) is 5.91 Å². The normalized spacial score (nSPS) is 19.9. The van der Waals surface area contributed by atoms with Crippen molar-refractivity contribution in [1.82, 2.24) is 5.32 Å². The van der Waals surface area contributed by atoms with Crippen molar-refractivity contribution in [2.45, 2.75) is 26.9 Å². The Bertz CT molecular complexity index is 549. The number of ether oxygens (including phenoxy) is 1. The SMILES string of the molecule is Cc1ccc(NC(=O)N=C2NC(=O)[C@@H](C(C)C)O2)cc1. The molecule has 2 N–H and O–H groups in total. The number of anilines is 1. The minimum Gasteiger partial charge on any atom is -0.451 e. The van der Waals surface area contributed by atoms with E-state index in [0.717, 1.165) is 5.56 Å². The van der Waals surface area contributed by atoms with E-state index in [2.05, 4.69) is 15.6 Å². The molecule has 0 aliphatic carbocycles. The number of rotatable bonds is 2. The first-order valence-electron chi connectivity index (χ1n) is 6.39. The Kier molecular flexibility index (Phi) is 4.02. The molecule has 1 aliphatic heterocycles. The molecule has 1 heterocycles. The number of hydrogen-bond donors (Lipinski definition) is 2. The van der Waals surface area contributed by atoms with Crippen LogP contribution in [0.25, 0.3) is 0 Å². The largest absolute Gasteiger partial charge is 0.451 e. The summed E-state index contributed by atoms with van der Waals surface area (Å²) in [7, 11) is 0. The summed E-state index contributed by atoms with van der Waals surface area (Å²) in [5.74, 6) is -0.259. The van der Waals surface area contributed by atoms with Crippen LogP contribution in [0.5, 0.6) is 0 Å². The van der Waals surface area contributed by atoms with Gasteiger partial charge in [0.2, 0.25) is 0 Å². The average molecular weight is 275 g/mol. The van der Waals surface area contributed by atoms with E-state index in [4.69, 9.17) is 4.74 Å². The van der Waals surface area contributed by atoms with E-state index < -0.39 is 12.1 Å². The molecule has 3 amide bonds. The molecule has 1 aromatic rings. The summed E-state index contributed by atoms with van der Waals surface area (Å²) in [5.41, 5.74) is 1.73. The summed E-state index contributed by atoms with van der Waals surface area (Å²) in [4.78, 5) is 27.0. The van der Waals surface area contributed by atoms with Crippen LogP contribution in [0.4, 0.5) is 10.5 Å². The number of urea groups is 1. The van der Waals surface area contributed by atoms with E-state index in [9.17, 15) is 9.59 Å². The van der Waals surface area contributed by atoms with Crippen LogP contribution in [-0.2, 0) is 9.53 Å². The van der Waals surface area contributed by atoms with Crippen molar-refractivity contribution in [2.24, 2.45) is 10.9 Å². The summed E-state index contributed by atoms with van der Waals surface area (Å²) < 4.78 is 5.29. The maximum atomic E-state index is 11.7. The lowest BCUT2D eigenvalue weighted by Crippen LogP contribution is -2.28. The average Bonchev–Trinajstić information content (AvgIpc) is 2.73. The molecule has 0 radical (unpaired) electrons. The van der Waals surface area contributed by atoms with Gasteiger partial charge in [-0.15, -0.1) is 4.99 Å². The molecule has 1 aliphatic rings. The fraction of sp³-hybridized carbons (Fsp3) is 0.357. The predicted octanol–water partition coefficient (Wildman–Crippen LogP) is 2.05. The van der Waals surface area contributed by atoms with E-state index >= 15 is 0 Å². The molecule has 106 valence electrons. The van der Waals surface area contributed by atoms with Crippen LogP contribution in [0, 0.1) is 12.8 Å². The molecule has 6 nitrogen and oxygen atoms in total. The highest BCUT2D eigenvalue weighted by molar-refractivity contribution is 6.07. The maximum absolute atomic E-state index is 11.7. The van der Waals surface area contributed by atoms with E-state index in [1.54, 1.807) is 12.1 Å². The van der Waals surface area contributed by atoms with Crippen molar-refractivity contribution in [2.75, 3.05) is 5.32 Å². The maximum Gasteiger partial charge on any atom is 0.349 e. The lowest BCUT2D eigenvalue weighted by molar-refractivity contribution is -0.124. The summed E-state index contributed by atoms with van der Waals surface area (Å²) in [5, 5.41) is 5.04. The zero-order valence-corrected chi connectivity index (χ0v) is 11.6. The molecule has 1 atom stereocenters. The Morgan fingerprint density at radius 2 is 2.00 bits per heavy atom. The second kappa shape index (κ2) is 5.73. The van der Waals surface area contributed by atoms with E-state index in [-0.39, 0.29) is 17.8 Å². The molecule has 1 fully saturated rings. The number of nitrogens with zero attached hydrogens (tertiary/aromatic N) is 1. The number of hydrogen-bond acceptors (Lipinski definition) is 3. The lowest BCUT2D eigenvalue weighted by Gasteiger charge is -2.09. The number of amides is 3. The van der Waals surface area contributed by atoms with Crippen LogP contribution in [0.2, 0.25) is 0 Å². The Hall–Kier alpha value is -2.37. The third-order valence-electron chi connectivity index (χ3n) is 2.84. The van der Waals surface area contributed by atoms with Crippen LogP contribution in [0.3, 0.4) is 0 Å². The third kappa shape index (κ3) is 3.34. The van der Waals surface area contributed by atoms with Gasteiger partial charge in [0.05, 0.1) is 0 Å². The molecular formula is C14H17N3O3. The highest BCUT2D eigenvalue weighted by Crippen LogP contribution is 2.13. The lowest BCUT2D eigenvalue weighted by atomic mass is 10.1. The van der Waals surface area contributed by atoms with Crippen LogP contribution >= 0.6 is 0 Å². The number of nitrogens with one attached hydrogen (secondary N) is 2. The summed E-state index contributed by atoms with van der Waals surface area (Å²) in [6.07, 6.45) is -0.596. The molecule has 0 aromatic heterocycles. The van der Waals surface area contributed by atoms with Crippen LogP contribution in [0.1, 0.15) is 19.4 Å². The molecule has 0 saturated carbocycles. The minimum atomic E-state index is -0.596. The smallest absolute Gasteiger partial charge is 0.349 e. The fourth-order valence-corrected chi connectivity index (χ4v) is 1.75. The third-order valence-corrected chi connectivity index (χ3v) is 2.84. The highest BCUT2D eigenvalue weighted by atomic mass is 16.5. The molecule has 20 heavy (non-hydrogen) atoms. The molecule has 1 aromatic carbocycles. The molecule has 1 saturated heterocycles. The zero-order chi connectivity index (χ0) is 14.7. The molecule has 0 unspecified atom stereocenters. The monoisotopic (exact) mass is 275 g/mol. The van der Waals surface area contributed by atoms with Crippen molar-refractivity contribution in [1.29, 1.82) is 0 Å². The summed E-state index contributed by atoms with van der Waals surface area (Å²) in [6, 6.07) is 6.67. The first kappa shape index (κ1) is 14.0. The fourth-order valence-electron chi connectivity index (χ4n) is 1.75. The van der Waals surface area contributed by atoms with E-state index in [1.165, 1.54) is 0 Å². The van der Waals surface area contributed by atoms with Gasteiger partial charge in [0.15, 0.2) is 6.10 Å². The minimum absolute atomic E-state index is 0.0165. The van der Waals surface area contributed by atoms with Crippen molar-refractivity contribution in [3.05, 3.63) is 29.8 Å². The second-order valence-electron chi connectivity index (χ2n) is 4.98. The number of carbonyl (C=O) groups excluding carboxylic acids is 2. The van der Waals surface area contributed by atoms with Gasteiger partial charge in [-0.05, 0) is 25.0 Å². The van der Waals surface area contributed by atoms with Gasteiger partial charge in [-0.25, -0.2) is 4.79 Å². The van der Waals surface area contributed by atoms with Crippen molar-refractivity contribution in [3.63, 3.8) is 0 Å². The molecule has 6 heteroatoms. The standard InChI is InChI=1S/C14H17N3O3/c1-8(2)11-12(18)16-14(20-11)17-13(19)15-10-6-4-9(3)5-7-10/h4-8,11H,1-3H3,(H2,15,16,17,18,19)/t11-/m1/s1. The van der Waals surface area contributed by atoms with Crippen molar-refractivity contribution < 1.29 is 14.3 Å². The van der Waals surface area contributed by atoms with Gasteiger partial charge in [0, 0.05) is 5.69 Å². The number of carbonyl (C=O) groups is 2. The number of aliphatic imine (C=N–C) groups is 1. The quantitative estimate of drug-likeness (QED) is 0.867. The Balaban J connectivity index is 1.99. The zero-order valence-electron chi connectivity index (χ0n) is 11.6. The van der Waals surface area contributed by atoms with E-state index in [0.29, 0.717) is 5.69 Å². The Morgan fingerprint density at radius 3 is 2.55 bits per heavy atom. The van der Waals surface area contributed by atoms with Gasteiger partial charge in [-0.2, -0.15) is 0 Å². The first-order valence-corrected chi connectivity index (χ1v) is 6.39. The van der Waals surface area contributed by atoms with Gasteiger partial charge in [-0.1, -0.05) is 31.5 Å². The predicted molar refractivity (Wildman–Crippen MR) is 75.5 cm³/mol. The molecule has 0 spiro atoms. The molecule has 2 rings (SSSR count). The highest BCUT2D eigenvalue weighted by Gasteiger charge is 2.33. The van der Waals surface area contributed by atoms with Crippen LogP contribution < -0.4 is 10.6 Å². The molecular weight excluding hydrogens is 258 g/mol. The Labute approximate surface area is 117 Å². The first-order chi connectivity index (χ1) is 9.45. The topological polar surface area (TPSA) is 79.8 Å². The van der Waals surface area contributed by atoms with Gasteiger partial charge in [0.1, 0.15) is 0 Å². The summed E-state index contributed by atoms with van der Waals surface area (Å²) >= 11 is 0. The number of benzene rings is 1. The van der Waals surface area contributed by atoms with Crippen LogP contribution in [-0.4, -0.2) is 24.1 Å². The second-order valence-corrected chi connectivity index (χ2v) is 4.98.